The molecule has 1 rings (SSSR count). The molecule has 5 nitrogen and oxygen atoms in total. The van der Waals surface area contributed by atoms with Crippen LogP contribution >= 0.6 is 35.0 Å². The fourth-order valence-electron chi connectivity index (χ4n) is 1.74. The number of carbonyl (C=O) groups is 4. The Kier molecular flexibility index (Phi) is 8.45. The summed E-state index contributed by atoms with van der Waals surface area (Å²) >= 11 is 12.7. The van der Waals surface area contributed by atoms with E-state index >= 15 is 0 Å². The first-order chi connectivity index (χ1) is 11.2. The standard InChI is InChI=1S/C16H16Cl2O5S/c1-9(6-11(20)8-24-10(2)19)14(21)7-23-16(22)15-12(17)4-3-5-13(15)18/h3-5,9H,6-8H2,1-2H3/t9-/m1/s1. The molecule has 0 aliphatic rings. The van der Waals surface area contributed by atoms with E-state index in [9.17, 15) is 19.2 Å². The molecule has 1 atom stereocenters. The lowest BCUT2D eigenvalue weighted by atomic mass is 10.0. The van der Waals surface area contributed by atoms with Gasteiger partial charge in [0.1, 0.15) is 5.78 Å². The van der Waals surface area contributed by atoms with Gasteiger partial charge in [0.15, 0.2) is 17.5 Å². The molecular formula is C16H16Cl2O5S. The largest absolute Gasteiger partial charge is 0.454 e. The summed E-state index contributed by atoms with van der Waals surface area (Å²) in [6, 6.07) is 4.55. The number of ketones is 2. The van der Waals surface area contributed by atoms with Crippen molar-refractivity contribution in [1.29, 1.82) is 0 Å². The zero-order valence-corrected chi connectivity index (χ0v) is 15.5. The first-order valence-electron chi connectivity index (χ1n) is 7.01. The Morgan fingerprint density at radius 1 is 1.17 bits per heavy atom. The molecule has 0 spiro atoms. The Labute approximate surface area is 154 Å². The fourth-order valence-corrected chi connectivity index (χ4v) is 2.77. The van der Waals surface area contributed by atoms with Crippen molar-refractivity contribution >= 4 is 57.6 Å². The number of Topliss-reactive ketones (excluding diaryl/α,β-unsaturated/α-hetero) is 2. The van der Waals surface area contributed by atoms with Crippen molar-refractivity contribution in [2.24, 2.45) is 5.92 Å². The van der Waals surface area contributed by atoms with Crippen molar-refractivity contribution in [3.05, 3.63) is 33.8 Å². The van der Waals surface area contributed by atoms with E-state index in [1.165, 1.54) is 19.1 Å². The minimum Gasteiger partial charge on any atom is -0.454 e. The minimum absolute atomic E-state index is 0.00443. The molecule has 0 saturated heterocycles. The van der Waals surface area contributed by atoms with Gasteiger partial charge in [-0.1, -0.05) is 48.0 Å². The van der Waals surface area contributed by atoms with Gasteiger partial charge in [-0.2, -0.15) is 0 Å². The Morgan fingerprint density at radius 2 is 1.75 bits per heavy atom. The van der Waals surface area contributed by atoms with E-state index in [4.69, 9.17) is 27.9 Å². The third kappa shape index (κ3) is 6.63. The van der Waals surface area contributed by atoms with Crippen molar-refractivity contribution in [3.63, 3.8) is 0 Å². The van der Waals surface area contributed by atoms with Crippen LogP contribution in [0, 0.1) is 5.92 Å². The number of hydrogen-bond donors (Lipinski definition) is 0. The summed E-state index contributed by atoms with van der Waals surface area (Å²) in [4.78, 5) is 46.4. The molecule has 0 bridgehead atoms. The van der Waals surface area contributed by atoms with Crippen LogP contribution in [0.2, 0.25) is 10.0 Å². The van der Waals surface area contributed by atoms with Crippen molar-refractivity contribution < 1.29 is 23.9 Å². The summed E-state index contributed by atoms with van der Waals surface area (Å²) in [6.07, 6.45) is -0.0104. The summed E-state index contributed by atoms with van der Waals surface area (Å²) in [7, 11) is 0. The Balaban J connectivity index is 2.51. The van der Waals surface area contributed by atoms with Gasteiger partial charge in [-0.05, 0) is 12.1 Å². The molecule has 0 aliphatic carbocycles. The van der Waals surface area contributed by atoms with Gasteiger partial charge in [0, 0.05) is 19.3 Å². The zero-order chi connectivity index (χ0) is 18.3. The van der Waals surface area contributed by atoms with Gasteiger partial charge < -0.3 is 4.74 Å². The molecule has 0 saturated carbocycles. The van der Waals surface area contributed by atoms with Gasteiger partial charge in [-0.3, -0.25) is 14.4 Å². The van der Waals surface area contributed by atoms with Crippen LogP contribution in [0.15, 0.2) is 18.2 Å². The SMILES string of the molecule is CC(=O)SCC(=O)C[C@@H](C)C(=O)COC(=O)c1c(Cl)cccc1Cl. The van der Waals surface area contributed by atoms with E-state index in [2.05, 4.69) is 0 Å². The third-order valence-electron chi connectivity index (χ3n) is 3.03. The third-order valence-corrected chi connectivity index (χ3v) is 4.54. The molecule has 0 aliphatic heterocycles. The van der Waals surface area contributed by atoms with E-state index in [0.717, 1.165) is 11.8 Å². The van der Waals surface area contributed by atoms with Crippen molar-refractivity contribution in [2.45, 2.75) is 20.3 Å². The van der Waals surface area contributed by atoms with Gasteiger partial charge >= 0.3 is 5.97 Å². The van der Waals surface area contributed by atoms with Crippen LogP contribution in [0.4, 0.5) is 0 Å². The fraction of sp³-hybridized carbons (Fsp3) is 0.375. The highest BCUT2D eigenvalue weighted by Crippen LogP contribution is 2.25. The summed E-state index contributed by atoms with van der Waals surface area (Å²) in [5.41, 5.74) is -0.00443. The van der Waals surface area contributed by atoms with Gasteiger partial charge in [-0.25, -0.2) is 4.79 Å². The zero-order valence-electron chi connectivity index (χ0n) is 13.1. The molecule has 24 heavy (non-hydrogen) atoms. The number of hydrogen-bond acceptors (Lipinski definition) is 6. The van der Waals surface area contributed by atoms with E-state index in [0.29, 0.717) is 0 Å². The van der Waals surface area contributed by atoms with E-state index in [1.807, 2.05) is 0 Å². The number of thioether (sulfide) groups is 1. The van der Waals surface area contributed by atoms with Crippen molar-refractivity contribution in [1.82, 2.24) is 0 Å². The lowest BCUT2D eigenvalue weighted by Crippen LogP contribution is -2.23. The average Bonchev–Trinajstić information content (AvgIpc) is 2.50. The van der Waals surface area contributed by atoms with Crippen molar-refractivity contribution in [3.8, 4) is 0 Å². The lowest BCUT2D eigenvalue weighted by molar-refractivity contribution is -0.128. The van der Waals surface area contributed by atoms with Crippen LogP contribution < -0.4 is 0 Å². The van der Waals surface area contributed by atoms with Crippen LogP contribution in [0.25, 0.3) is 0 Å². The molecule has 0 amide bonds. The van der Waals surface area contributed by atoms with E-state index in [1.54, 1.807) is 13.0 Å². The number of carbonyl (C=O) groups excluding carboxylic acids is 4. The molecule has 0 aromatic heterocycles. The number of esters is 1. The molecule has 0 heterocycles. The predicted octanol–water partition coefficient (Wildman–Crippen LogP) is 3.59. The maximum atomic E-state index is 12.0. The summed E-state index contributed by atoms with van der Waals surface area (Å²) in [5, 5.41) is 0.0988. The molecule has 0 N–H and O–H groups in total. The predicted molar refractivity (Wildman–Crippen MR) is 93.7 cm³/mol. The Bertz CT molecular complexity index is 640. The lowest BCUT2D eigenvalue weighted by Gasteiger charge is -2.11. The molecular weight excluding hydrogens is 375 g/mol. The topological polar surface area (TPSA) is 77.5 Å². The molecule has 0 unspecified atom stereocenters. The number of rotatable bonds is 8. The average molecular weight is 391 g/mol. The Hall–Kier alpha value is -1.37. The minimum atomic E-state index is -0.801. The Morgan fingerprint density at radius 3 is 2.29 bits per heavy atom. The van der Waals surface area contributed by atoms with Gasteiger partial charge in [0.25, 0.3) is 0 Å². The number of benzene rings is 1. The van der Waals surface area contributed by atoms with E-state index in [-0.39, 0.29) is 38.7 Å². The molecule has 0 fully saturated rings. The van der Waals surface area contributed by atoms with Crippen LogP contribution in [0.5, 0.6) is 0 Å². The monoisotopic (exact) mass is 390 g/mol. The quantitative estimate of drug-likeness (QED) is 0.631. The highest BCUT2D eigenvalue weighted by atomic mass is 35.5. The summed E-state index contributed by atoms with van der Waals surface area (Å²) in [6.45, 7) is 2.45. The summed E-state index contributed by atoms with van der Waals surface area (Å²) in [5.74, 6) is -1.99. The molecule has 1 aromatic carbocycles. The first-order valence-corrected chi connectivity index (χ1v) is 8.75. The normalized spacial score (nSPS) is 11.7. The highest BCUT2D eigenvalue weighted by Gasteiger charge is 2.21. The second-order valence-corrected chi connectivity index (χ2v) is 7.03. The molecule has 1 aromatic rings. The highest BCUT2D eigenvalue weighted by molar-refractivity contribution is 8.14. The van der Waals surface area contributed by atoms with Crippen molar-refractivity contribution in [2.75, 3.05) is 12.4 Å². The van der Waals surface area contributed by atoms with Crippen LogP contribution in [-0.2, 0) is 19.1 Å². The van der Waals surface area contributed by atoms with Gasteiger partial charge in [0.2, 0.25) is 0 Å². The summed E-state index contributed by atoms with van der Waals surface area (Å²) < 4.78 is 4.92. The van der Waals surface area contributed by atoms with Crippen LogP contribution in [-0.4, -0.2) is 35.0 Å². The molecule has 8 heteroatoms. The second kappa shape index (κ2) is 9.81. The number of ether oxygens (including phenoxy) is 1. The molecule has 130 valence electrons. The molecule has 0 radical (unpaired) electrons. The maximum absolute atomic E-state index is 12.0. The van der Waals surface area contributed by atoms with Crippen LogP contribution in [0.3, 0.4) is 0 Å². The second-order valence-electron chi connectivity index (χ2n) is 5.06. The van der Waals surface area contributed by atoms with Gasteiger partial charge in [-0.15, -0.1) is 0 Å². The number of halogens is 2. The van der Waals surface area contributed by atoms with Crippen LogP contribution in [0.1, 0.15) is 30.6 Å². The maximum Gasteiger partial charge on any atom is 0.341 e. The van der Waals surface area contributed by atoms with E-state index < -0.39 is 24.3 Å². The van der Waals surface area contributed by atoms with Gasteiger partial charge in [0.05, 0.1) is 21.4 Å². The first kappa shape index (κ1) is 20.7. The smallest absolute Gasteiger partial charge is 0.341 e.